The lowest BCUT2D eigenvalue weighted by Gasteiger charge is -1.90. The van der Waals surface area contributed by atoms with Gasteiger partial charge in [0.1, 0.15) is 0 Å². The van der Waals surface area contributed by atoms with E-state index in [2.05, 4.69) is 11.8 Å². The van der Waals surface area contributed by atoms with Crippen LogP contribution in [0.3, 0.4) is 0 Å². The number of hydrogen-bond acceptors (Lipinski definition) is 2. The van der Waals surface area contributed by atoms with Crippen molar-refractivity contribution in [3.8, 4) is 11.8 Å². The molecule has 1 aromatic heterocycles. The third kappa shape index (κ3) is 1.49. The number of nitrogens with one attached hydrogen (secondary N) is 1. The standard InChI is InChI=1S/C7H8N2S/c1-2-3-4-9-5-6-10-7(9)8/h5-6,8H,4H2,1H3. The Hall–Kier alpha value is -1.01. The van der Waals surface area contributed by atoms with Crippen LogP contribution in [0.15, 0.2) is 11.6 Å². The van der Waals surface area contributed by atoms with Gasteiger partial charge in [-0.2, -0.15) is 0 Å². The van der Waals surface area contributed by atoms with Gasteiger partial charge in [-0.15, -0.1) is 17.3 Å². The van der Waals surface area contributed by atoms with Gasteiger partial charge in [-0.1, -0.05) is 5.92 Å². The van der Waals surface area contributed by atoms with Crippen molar-refractivity contribution < 1.29 is 0 Å². The van der Waals surface area contributed by atoms with Crippen LogP contribution in [0.2, 0.25) is 0 Å². The van der Waals surface area contributed by atoms with Crippen molar-refractivity contribution in [1.82, 2.24) is 4.57 Å². The van der Waals surface area contributed by atoms with E-state index in [-0.39, 0.29) is 0 Å². The summed E-state index contributed by atoms with van der Waals surface area (Å²) >= 11 is 1.42. The van der Waals surface area contributed by atoms with Gasteiger partial charge in [0.05, 0.1) is 6.54 Å². The molecule has 1 rings (SSSR count). The SMILES string of the molecule is CC#CCn1ccsc1=N. The summed E-state index contributed by atoms with van der Waals surface area (Å²) in [6.07, 6.45) is 1.87. The van der Waals surface area contributed by atoms with E-state index in [0.29, 0.717) is 11.3 Å². The first kappa shape index (κ1) is 7.10. The third-order valence-electron chi connectivity index (χ3n) is 1.11. The fourth-order valence-corrected chi connectivity index (χ4v) is 1.19. The molecule has 0 bridgehead atoms. The molecule has 52 valence electrons. The second-order valence-corrected chi connectivity index (χ2v) is 2.66. The molecule has 3 heteroatoms. The quantitative estimate of drug-likeness (QED) is 0.583. The van der Waals surface area contributed by atoms with Crippen molar-refractivity contribution in [2.24, 2.45) is 0 Å². The summed E-state index contributed by atoms with van der Waals surface area (Å²) in [6, 6.07) is 0. The molecule has 0 aliphatic heterocycles. The van der Waals surface area contributed by atoms with Crippen molar-refractivity contribution in [3.05, 3.63) is 16.4 Å². The van der Waals surface area contributed by atoms with Gasteiger partial charge in [0.25, 0.3) is 0 Å². The number of hydrogen-bond donors (Lipinski definition) is 1. The number of aromatic nitrogens is 1. The molecule has 0 unspecified atom stereocenters. The van der Waals surface area contributed by atoms with Gasteiger partial charge in [0, 0.05) is 11.6 Å². The second-order valence-electron chi connectivity index (χ2n) is 1.76. The zero-order valence-electron chi connectivity index (χ0n) is 5.72. The Morgan fingerprint density at radius 3 is 3.10 bits per heavy atom. The van der Waals surface area contributed by atoms with Crippen molar-refractivity contribution in [1.29, 1.82) is 5.41 Å². The minimum atomic E-state index is 0.558. The van der Waals surface area contributed by atoms with Crippen LogP contribution in [0.25, 0.3) is 0 Å². The first-order valence-corrected chi connectivity index (χ1v) is 3.80. The highest BCUT2D eigenvalue weighted by Gasteiger charge is 1.86. The Morgan fingerprint density at radius 2 is 2.60 bits per heavy atom. The maximum absolute atomic E-state index is 7.34. The van der Waals surface area contributed by atoms with Crippen LogP contribution in [-0.2, 0) is 6.54 Å². The first-order valence-electron chi connectivity index (χ1n) is 2.92. The molecule has 0 radical (unpaired) electrons. The van der Waals surface area contributed by atoms with Gasteiger partial charge in [-0.05, 0) is 6.92 Å². The highest BCUT2D eigenvalue weighted by Crippen LogP contribution is 1.86. The number of nitrogens with zero attached hydrogens (tertiary/aromatic N) is 1. The number of thiazole rings is 1. The fourth-order valence-electron chi connectivity index (χ4n) is 0.592. The van der Waals surface area contributed by atoms with Crippen LogP contribution in [0.5, 0.6) is 0 Å². The minimum absolute atomic E-state index is 0.558. The third-order valence-corrected chi connectivity index (χ3v) is 1.82. The largest absolute Gasteiger partial charge is 0.313 e. The smallest absolute Gasteiger partial charge is 0.182 e. The molecule has 0 saturated carbocycles. The molecule has 1 aromatic rings. The number of rotatable bonds is 1. The highest BCUT2D eigenvalue weighted by atomic mass is 32.1. The molecule has 10 heavy (non-hydrogen) atoms. The van der Waals surface area contributed by atoms with Crippen LogP contribution in [0.1, 0.15) is 6.92 Å². The fraction of sp³-hybridized carbons (Fsp3) is 0.286. The molecule has 1 heterocycles. The van der Waals surface area contributed by atoms with Crippen LogP contribution in [0, 0.1) is 17.3 Å². The van der Waals surface area contributed by atoms with E-state index in [1.165, 1.54) is 11.3 Å². The van der Waals surface area contributed by atoms with Gasteiger partial charge in [0.2, 0.25) is 0 Å². The van der Waals surface area contributed by atoms with E-state index in [1.807, 2.05) is 11.6 Å². The molecule has 0 aliphatic rings. The second kappa shape index (κ2) is 3.23. The van der Waals surface area contributed by atoms with Crippen LogP contribution >= 0.6 is 11.3 Å². The predicted octanol–water partition coefficient (Wildman–Crippen LogP) is 1.05. The predicted molar refractivity (Wildman–Crippen MR) is 41.6 cm³/mol. The summed E-state index contributed by atoms with van der Waals surface area (Å²) in [7, 11) is 0. The van der Waals surface area contributed by atoms with Gasteiger partial charge < -0.3 is 4.57 Å². The Bertz CT molecular complexity index is 310. The summed E-state index contributed by atoms with van der Waals surface area (Å²) < 4.78 is 1.81. The van der Waals surface area contributed by atoms with Crippen LogP contribution in [-0.4, -0.2) is 4.57 Å². The van der Waals surface area contributed by atoms with E-state index in [0.717, 1.165) is 0 Å². The Morgan fingerprint density at radius 1 is 1.80 bits per heavy atom. The van der Waals surface area contributed by atoms with Gasteiger partial charge in [-0.3, -0.25) is 5.41 Å². The van der Waals surface area contributed by atoms with Crippen LogP contribution in [0.4, 0.5) is 0 Å². The van der Waals surface area contributed by atoms with Crippen molar-refractivity contribution in [2.45, 2.75) is 13.5 Å². The van der Waals surface area contributed by atoms with E-state index in [9.17, 15) is 0 Å². The normalized spacial score (nSPS) is 8.50. The summed E-state index contributed by atoms with van der Waals surface area (Å²) in [6.45, 7) is 2.44. The maximum atomic E-state index is 7.34. The highest BCUT2D eigenvalue weighted by molar-refractivity contribution is 7.06. The monoisotopic (exact) mass is 152 g/mol. The lowest BCUT2D eigenvalue weighted by molar-refractivity contribution is 0.795. The van der Waals surface area contributed by atoms with Crippen molar-refractivity contribution in [3.63, 3.8) is 0 Å². The molecule has 0 spiro atoms. The summed E-state index contributed by atoms with van der Waals surface area (Å²) in [5, 5.41) is 9.23. The van der Waals surface area contributed by atoms with Gasteiger partial charge >= 0.3 is 0 Å². The average molecular weight is 152 g/mol. The molecule has 0 atom stereocenters. The summed E-state index contributed by atoms with van der Waals surface area (Å²) in [5.74, 6) is 5.67. The topological polar surface area (TPSA) is 28.8 Å². The Kier molecular flexibility index (Phi) is 2.30. The zero-order valence-corrected chi connectivity index (χ0v) is 6.53. The summed E-state index contributed by atoms with van der Waals surface area (Å²) in [5.41, 5.74) is 0. The van der Waals surface area contributed by atoms with E-state index >= 15 is 0 Å². The zero-order chi connectivity index (χ0) is 7.40. The molecule has 0 aliphatic carbocycles. The molecule has 0 aromatic carbocycles. The van der Waals surface area contributed by atoms with Crippen molar-refractivity contribution in [2.75, 3.05) is 0 Å². The lowest BCUT2D eigenvalue weighted by Crippen LogP contribution is -2.10. The molecular formula is C7H8N2S. The first-order chi connectivity index (χ1) is 4.84. The lowest BCUT2D eigenvalue weighted by atomic mass is 10.6. The Labute approximate surface area is 63.6 Å². The molecule has 0 saturated heterocycles. The maximum Gasteiger partial charge on any atom is 0.182 e. The van der Waals surface area contributed by atoms with Gasteiger partial charge in [0.15, 0.2) is 4.80 Å². The molecule has 1 N–H and O–H groups in total. The van der Waals surface area contributed by atoms with E-state index in [1.54, 1.807) is 11.5 Å². The average Bonchev–Trinajstić information content (AvgIpc) is 2.31. The van der Waals surface area contributed by atoms with Gasteiger partial charge in [-0.25, -0.2) is 0 Å². The van der Waals surface area contributed by atoms with Crippen molar-refractivity contribution >= 4 is 11.3 Å². The minimum Gasteiger partial charge on any atom is -0.313 e. The molecular weight excluding hydrogens is 144 g/mol. The molecule has 0 amide bonds. The van der Waals surface area contributed by atoms with Crippen LogP contribution < -0.4 is 4.80 Å². The van der Waals surface area contributed by atoms with E-state index in [4.69, 9.17) is 5.41 Å². The molecule has 2 nitrogen and oxygen atoms in total. The van der Waals surface area contributed by atoms with E-state index < -0.39 is 0 Å². The Balaban J connectivity index is 2.82. The molecule has 0 fully saturated rings. The summed E-state index contributed by atoms with van der Waals surface area (Å²) in [4.78, 5) is 0.558.